The lowest BCUT2D eigenvalue weighted by Crippen LogP contribution is -2.46. The minimum absolute atomic E-state index is 0.186. The van der Waals surface area contributed by atoms with E-state index in [4.69, 9.17) is 9.84 Å². The minimum atomic E-state index is -4.23. The van der Waals surface area contributed by atoms with Crippen LogP contribution >= 0.6 is 0 Å². The van der Waals surface area contributed by atoms with Crippen molar-refractivity contribution in [3.63, 3.8) is 0 Å². The topological polar surface area (TPSA) is 59.4 Å². The van der Waals surface area contributed by atoms with E-state index in [2.05, 4.69) is 5.32 Å². The fourth-order valence-electron chi connectivity index (χ4n) is 4.26. The van der Waals surface area contributed by atoms with Gasteiger partial charge in [-0.05, 0) is 38.5 Å². The molecule has 2 aromatic rings. The first-order valence-corrected chi connectivity index (χ1v) is 10.5. The van der Waals surface area contributed by atoms with E-state index in [-0.39, 0.29) is 17.7 Å². The molecule has 0 saturated carbocycles. The van der Waals surface area contributed by atoms with Crippen LogP contribution in [0.2, 0.25) is 0 Å². The van der Waals surface area contributed by atoms with E-state index in [1.165, 1.54) is 12.1 Å². The molecule has 0 spiro atoms. The van der Waals surface area contributed by atoms with Crippen LogP contribution in [-0.4, -0.2) is 52.2 Å². The first-order chi connectivity index (χ1) is 14.5. The Labute approximate surface area is 179 Å². The highest BCUT2D eigenvalue weighted by atomic mass is 19.4. The minimum Gasteiger partial charge on any atom is -0.444 e. The molecule has 1 aromatic heterocycles. The van der Waals surface area contributed by atoms with Crippen molar-refractivity contribution in [2.75, 3.05) is 19.6 Å². The summed E-state index contributed by atoms with van der Waals surface area (Å²) in [6.07, 6.45) is -4.21. The van der Waals surface area contributed by atoms with Gasteiger partial charge in [0, 0.05) is 38.0 Å². The number of hydrogen-bond donors (Lipinski definition) is 1. The lowest BCUT2D eigenvalue weighted by Gasteiger charge is -2.36. The first kappa shape index (κ1) is 21.7. The van der Waals surface area contributed by atoms with Crippen molar-refractivity contribution in [1.82, 2.24) is 20.0 Å². The zero-order valence-electron chi connectivity index (χ0n) is 17.9. The molecule has 0 saturated heterocycles. The number of amides is 1. The molecule has 2 aliphatic heterocycles. The van der Waals surface area contributed by atoms with Crippen LogP contribution < -0.4 is 5.32 Å². The van der Waals surface area contributed by atoms with Crippen LogP contribution in [0.15, 0.2) is 24.3 Å². The van der Waals surface area contributed by atoms with E-state index >= 15 is 0 Å². The Morgan fingerprint density at radius 3 is 2.55 bits per heavy atom. The molecule has 31 heavy (non-hydrogen) atoms. The molecule has 2 aliphatic rings. The van der Waals surface area contributed by atoms with Crippen LogP contribution in [0.3, 0.4) is 0 Å². The summed E-state index contributed by atoms with van der Waals surface area (Å²) < 4.78 is 45.4. The summed E-state index contributed by atoms with van der Waals surface area (Å²) in [6.45, 7) is 7.38. The lowest BCUT2D eigenvalue weighted by atomic mass is 9.96. The molecule has 4 rings (SSSR count). The normalized spacial score (nSPS) is 19.0. The van der Waals surface area contributed by atoms with E-state index < -0.39 is 18.2 Å². The highest BCUT2D eigenvalue weighted by Gasteiger charge is 2.39. The quantitative estimate of drug-likeness (QED) is 0.774. The molecule has 9 heteroatoms. The number of halogens is 3. The highest BCUT2D eigenvalue weighted by molar-refractivity contribution is 5.70. The van der Waals surface area contributed by atoms with Gasteiger partial charge in [-0.15, -0.1) is 0 Å². The van der Waals surface area contributed by atoms with Crippen LogP contribution in [0, 0.1) is 0 Å². The maximum absolute atomic E-state index is 12.8. The van der Waals surface area contributed by atoms with Gasteiger partial charge in [-0.1, -0.05) is 12.1 Å². The highest BCUT2D eigenvalue weighted by Crippen LogP contribution is 2.36. The Morgan fingerprint density at radius 2 is 1.90 bits per heavy atom. The molecule has 1 N–H and O–H groups in total. The van der Waals surface area contributed by atoms with E-state index in [9.17, 15) is 18.0 Å². The zero-order chi connectivity index (χ0) is 22.4. The Balaban J connectivity index is 1.66. The van der Waals surface area contributed by atoms with Gasteiger partial charge in [-0.2, -0.15) is 18.3 Å². The predicted molar refractivity (Wildman–Crippen MR) is 109 cm³/mol. The number of nitrogens with zero attached hydrogens (tertiary/aromatic N) is 3. The van der Waals surface area contributed by atoms with Crippen LogP contribution in [0.1, 0.15) is 49.3 Å². The Hall–Kier alpha value is -2.55. The predicted octanol–water partition coefficient (Wildman–Crippen LogP) is 3.96. The number of rotatable bonds is 2. The van der Waals surface area contributed by atoms with Crippen molar-refractivity contribution in [1.29, 1.82) is 0 Å². The fraction of sp³-hybridized carbons (Fsp3) is 0.545. The average molecular weight is 436 g/mol. The third kappa shape index (κ3) is 4.71. The number of carbonyl (C=O) groups excluding carboxylic acids is 1. The number of aromatic nitrogens is 2. The molecule has 1 unspecified atom stereocenters. The van der Waals surface area contributed by atoms with Gasteiger partial charge in [0.2, 0.25) is 0 Å². The molecule has 1 atom stereocenters. The van der Waals surface area contributed by atoms with Gasteiger partial charge >= 0.3 is 12.3 Å². The van der Waals surface area contributed by atoms with Crippen molar-refractivity contribution in [2.45, 2.75) is 57.9 Å². The SMILES string of the molecule is CC(C)(C)OC(=O)N1CCc2c3c(nn2-c2ccc(CC(F)(F)F)cc2)CCNCC31. The standard InChI is InChI=1S/C22H27F3N4O2/c1-21(2,3)31-20(30)28-11-9-17-19-16(8-10-26-13-18(19)28)27-29(17)15-6-4-14(5-7-15)12-22(23,24)25/h4-7,18,26H,8-13H2,1-3H3. The van der Waals surface area contributed by atoms with Crippen LogP contribution in [0.5, 0.6) is 0 Å². The summed E-state index contributed by atoms with van der Waals surface area (Å²) in [5.41, 5.74) is 3.31. The van der Waals surface area contributed by atoms with Gasteiger partial charge < -0.3 is 10.1 Å². The number of benzene rings is 1. The Morgan fingerprint density at radius 1 is 1.19 bits per heavy atom. The Bertz CT molecular complexity index is 961. The second-order valence-electron chi connectivity index (χ2n) is 9.07. The van der Waals surface area contributed by atoms with Crippen molar-refractivity contribution in [3.05, 3.63) is 46.8 Å². The molecule has 0 aliphatic carbocycles. The maximum Gasteiger partial charge on any atom is 0.410 e. The van der Waals surface area contributed by atoms with Gasteiger partial charge in [0.1, 0.15) is 5.60 Å². The third-order valence-electron chi connectivity index (χ3n) is 5.49. The molecular formula is C22H27F3N4O2. The maximum atomic E-state index is 12.8. The first-order valence-electron chi connectivity index (χ1n) is 10.5. The fourth-order valence-corrected chi connectivity index (χ4v) is 4.26. The molecular weight excluding hydrogens is 409 g/mol. The molecule has 6 nitrogen and oxygen atoms in total. The van der Waals surface area contributed by atoms with E-state index in [1.54, 1.807) is 17.0 Å². The molecule has 1 aromatic carbocycles. The van der Waals surface area contributed by atoms with Crippen molar-refractivity contribution in [3.8, 4) is 5.69 Å². The molecule has 3 heterocycles. The Kier molecular flexibility index (Phi) is 5.49. The number of hydrogen-bond acceptors (Lipinski definition) is 4. The number of ether oxygens (including phenoxy) is 1. The van der Waals surface area contributed by atoms with E-state index in [1.807, 2.05) is 25.5 Å². The number of nitrogens with one attached hydrogen (secondary N) is 1. The summed E-state index contributed by atoms with van der Waals surface area (Å²) in [4.78, 5) is 14.6. The molecule has 0 radical (unpaired) electrons. The second-order valence-corrected chi connectivity index (χ2v) is 9.07. The van der Waals surface area contributed by atoms with Gasteiger partial charge in [-0.25, -0.2) is 9.48 Å². The smallest absolute Gasteiger partial charge is 0.410 e. The van der Waals surface area contributed by atoms with Crippen LogP contribution in [-0.2, 0) is 24.0 Å². The largest absolute Gasteiger partial charge is 0.444 e. The summed E-state index contributed by atoms with van der Waals surface area (Å²) in [6, 6.07) is 6.16. The average Bonchev–Trinajstić information content (AvgIpc) is 2.88. The molecule has 0 bridgehead atoms. The van der Waals surface area contributed by atoms with Gasteiger partial charge in [0.15, 0.2) is 0 Å². The summed E-state index contributed by atoms with van der Waals surface area (Å²) in [7, 11) is 0. The molecule has 1 amide bonds. The summed E-state index contributed by atoms with van der Waals surface area (Å²) in [5, 5.41) is 8.16. The molecule has 0 fully saturated rings. The van der Waals surface area contributed by atoms with Crippen molar-refractivity contribution in [2.24, 2.45) is 0 Å². The summed E-state index contributed by atoms with van der Waals surface area (Å²) >= 11 is 0. The zero-order valence-corrected chi connectivity index (χ0v) is 17.9. The second kappa shape index (κ2) is 7.85. The van der Waals surface area contributed by atoms with E-state index in [0.29, 0.717) is 19.5 Å². The van der Waals surface area contributed by atoms with E-state index in [0.717, 1.165) is 35.6 Å². The van der Waals surface area contributed by atoms with Gasteiger partial charge in [0.25, 0.3) is 0 Å². The van der Waals surface area contributed by atoms with Crippen LogP contribution in [0.4, 0.5) is 18.0 Å². The van der Waals surface area contributed by atoms with Crippen molar-refractivity contribution < 1.29 is 22.7 Å². The van der Waals surface area contributed by atoms with Gasteiger partial charge in [0.05, 0.1) is 29.5 Å². The van der Waals surface area contributed by atoms with Crippen LogP contribution in [0.25, 0.3) is 5.69 Å². The number of carbonyl (C=O) groups is 1. The lowest BCUT2D eigenvalue weighted by molar-refractivity contribution is -0.127. The van der Waals surface area contributed by atoms with Crippen molar-refractivity contribution >= 4 is 6.09 Å². The monoisotopic (exact) mass is 436 g/mol. The van der Waals surface area contributed by atoms with Gasteiger partial charge in [-0.3, -0.25) is 4.90 Å². The third-order valence-corrected chi connectivity index (χ3v) is 5.49. The summed E-state index contributed by atoms with van der Waals surface area (Å²) in [5.74, 6) is 0. The number of alkyl halides is 3. The molecule has 168 valence electrons.